The number of nitrogens with one attached hydrogen (secondary N) is 1. The summed E-state index contributed by atoms with van der Waals surface area (Å²) < 4.78 is 27.2. The molecule has 32 heavy (non-hydrogen) atoms. The Balaban J connectivity index is 1.78. The number of allylic oxidation sites excluding steroid dienone is 1. The number of amides is 1. The first-order valence-electron chi connectivity index (χ1n) is 9.81. The Morgan fingerprint density at radius 2 is 1.81 bits per heavy atom. The third kappa shape index (κ3) is 4.94. The summed E-state index contributed by atoms with van der Waals surface area (Å²) >= 11 is 0. The fourth-order valence-corrected chi connectivity index (χ4v) is 3.10. The van der Waals surface area contributed by atoms with Crippen molar-refractivity contribution in [3.8, 4) is 28.7 Å². The number of aliphatic hydroxyl groups excluding tert-OH is 1. The van der Waals surface area contributed by atoms with Gasteiger partial charge in [0.1, 0.15) is 11.5 Å². The summed E-state index contributed by atoms with van der Waals surface area (Å²) in [5.74, 6) is 1.52. The number of fused-ring (bicyclic) bond motifs is 1. The van der Waals surface area contributed by atoms with Crippen LogP contribution in [0.25, 0.3) is 6.08 Å². The van der Waals surface area contributed by atoms with Gasteiger partial charge >= 0.3 is 0 Å². The molecule has 1 heterocycles. The lowest BCUT2D eigenvalue weighted by Crippen LogP contribution is -2.38. The van der Waals surface area contributed by atoms with Crippen LogP contribution in [0.4, 0.5) is 0 Å². The van der Waals surface area contributed by atoms with E-state index in [2.05, 4.69) is 5.32 Å². The van der Waals surface area contributed by atoms with Crippen LogP contribution in [0, 0.1) is 0 Å². The molecule has 0 saturated heterocycles. The first kappa shape index (κ1) is 23.0. The van der Waals surface area contributed by atoms with Crippen LogP contribution < -0.4 is 29.0 Å². The second kappa shape index (κ2) is 10.1. The Kier molecular flexibility index (Phi) is 7.21. The van der Waals surface area contributed by atoms with Gasteiger partial charge in [-0.25, -0.2) is 0 Å². The summed E-state index contributed by atoms with van der Waals surface area (Å²) in [5.41, 5.74) is 1.01. The number of aliphatic hydroxyl groups is 1. The van der Waals surface area contributed by atoms with E-state index in [9.17, 15) is 9.59 Å². The normalized spacial score (nSPS) is 14.4. The largest absolute Gasteiger partial charge is 0.493 e. The second-order valence-corrected chi connectivity index (χ2v) is 7.00. The molecule has 0 bridgehead atoms. The van der Waals surface area contributed by atoms with Crippen molar-refractivity contribution in [3.05, 3.63) is 47.2 Å². The minimum Gasteiger partial charge on any atom is -0.493 e. The maximum atomic E-state index is 12.8. The molecule has 3 rings (SSSR count). The zero-order valence-corrected chi connectivity index (χ0v) is 18.3. The van der Waals surface area contributed by atoms with Crippen molar-refractivity contribution in [2.45, 2.75) is 13.0 Å². The summed E-state index contributed by atoms with van der Waals surface area (Å²) in [7, 11) is 4.52. The number of hydrogen-bond donors (Lipinski definition) is 2. The van der Waals surface area contributed by atoms with Crippen molar-refractivity contribution in [1.82, 2.24) is 5.32 Å². The van der Waals surface area contributed by atoms with Crippen molar-refractivity contribution < 1.29 is 38.4 Å². The van der Waals surface area contributed by atoms with Crippen molar-refractivity contribution in [3.63, 3.8) is 0 Å². The van der Waals surface area contributed by atoms with E-state index in [0.717, 1.165) is 0 Å². The molecule has 9 heteroatoms. The standard InChI is InChI=1S/C23H25NO8/c1-13(11-25)24-21(26)12-31-15-5-6-16-17(10-15)32-18(22(16)27)7-14-8-19(28-2)23(30-4)20(9-14)29-3/h5-10,13,25H,11-12H2,1-4H3,(H,24,26)/b18-7-/t13-/m0/s1. The van der Waals surface area contributed by atoms with E-state index in [0.29, 0.717) is 39.9 Å². The minimum atomic E-state index is -0.368. The van der Waals surface area contributed by atoms with Gasteiger partial charge in [0.25, 0.3) is 5.91 Å². The van der Waals surface area contributed by atoms with Gasteiger partial charge in [-0.2, -0.15) is 0 Å². The summed E-state index contributed by atoms with van der Waals surface area (Å²) in [4.78, 5) is 24.6. The first-order valence-corrected chi connectivity index (χ1v) is 9.81. The number of ketones is 1. The van der Waals surface area contributed by atoms with E-state index < -0.39 is 0 Å². The lowest BCUT2D eigenvalue weighted by molar-refractivity contribution is -0.124. The zero-order valence-electron chi connectivity index (χ0n) is 18.3. The molecular formula is C23H25NO8. The number of benzene rings is 2. The van der Waals surface area contributed by atoms with Gasteiger partial charge in [0, 0.05) is 12.1 Å². The van der Waals surface area contributed by atoms with Gasteiger partial charge < -0.3 is 34.1 Å². The Morgan fingerprint density at radius 3 is 2.41 bits per heavy atom. The molecule has 1 atom stereocenters. The molecule has 1 amide bonds. The molecule has 2 N–H and O–H groups in total. The molecule has 1 aliphatic rings. The smallest absolute Gasteiger partial charge is 0.258 e. The Morgan fingerprint density at radius 1 is 1.12 bits per heavy atom. The third-order valence-corrected chi connectivity index (χ3v) is 4.68. The second-order valence-electron chi connectivity index (χ2n) is 7.00. The number of hydrogen-bond acceptors (Lipinski definition) is 8. The molecule has 170 valence electrons. The van der Waals surface area contributed by atoms with Crippen LogP contribution in [0.2, 0.25) is 0 Å². The van der Waals surface area contributed by atoms with Crippen LogP contribution in [0.5, 0.6) is 28.7 Å². The van der Waals surface area contributed by atoms with Crippen molar-refractivity contribution in [1.29, 1.82) is 0 Å². The average Bonchev–Trinajstić information content (AvgIpc) is 3.11. The van der Waals surface area contributed by atoms with Crippen LogP contribution in [-0.4, -0.2) is 57.4 Å². The molecule has 0 unspecified atom stereocenters. The van der Waals surface area contributed by atoms with Gasteiger partial charge in [-0.15, -0.1) is 0 Å². The van der Waals surface area contributed by atoms with Gasteiger partial charge in [0.15, 0.2) is 23.9 Å². The topological polar surface area (TPSA) is 113 Å². The maximum absolute atomic E-state index is 12.8. The van der Waals surface area contributed by atoms with Crippen molar-refractivity contribution >= 4 is 17.8 Å². The highest BCUT2D eigenvalue weighted by Crippen LogP contribution is 2.40. The first-order chi connectivity index (χ1) is 15.4. The van der Waals surface area contributed by atoms with Crippen molar-refractivity contribution in [2.24, 2.45) is 0 Å². The van der Waals surface area contributed by atoms with E-state index >= 15 is 0 Å². The average molecular weight is 443 g/mol. The Bertz CT molecular complexity index is 1020. The molecule has 0 aliphatic carbocycles. The van der Waals surface area contributed by atoms with Gasteiger partial charge in [-0.05, 0) is 42.8 Å². The molecule has 2 aromatic rings. The molecule has 9 nitrogen and oxygen atoms in total. The van der Waals surface area contributed by atoms with Crippen LogP contribution in [-0.2, 0) is 4.79 Å². The molecule has 1 aliphatic heterocycles. The molecular weight excluding hydrogens is 418 g/mol. The lowest BCUT2D eigenvalue weighted by Gasteiger charge is -2.13. The minimum absolute atomic E-state index is 0.126. The summed E-state index contributed by atoms with van der Waals surface area (Å²) in [6, 6.07) is 7.76. The number of methoxy groups -OCH3 is 3. The Labute approximate surface area is 185 Å². The van der Waals surface area contributed by atoms with Gasteiger partial charge in [0.2, 0.25) is 11.5 Å². The summed E-state index contributed by atoms with van der Waals surface area (Å²) in [6.07, 6.45) is 1.58. The fraction of sp³-hybridized carbons (Fsp3) is 0.304. The predicted molar refractivity (Wildman–Crippen MR) is 116 cm³/mol. The highest BCUT2D eigenvalue weighted by Gasteiger charge is 2.28. The Hall–Kier alpha value is -3.72. The van der Waals surface area contributed by atoms with Gasteiger partial charge in [0.05, 0.1) is 33.5 Å². The van der Waals surface area contributed by atoms with Crippen LogP contribution in [0.3, 0.4) is 0 Å². The van der Waals surface area contributed by atoms with E-state index in [4.69, 9.17) is 28.8 Å². The SMILES string of the molecule is COc1cc(/C=C2\Oc3cc(OCC(=O)N[C@@H](C)CO)ccc3C2=O)cc(OC)c1OC. The van der Waals surface area contributed by atoms with E-state index in [1.54, 1.807) is 43.3 Å². The van der Waals surface area contributed by atoms with E-state index in [-0.39, 0.29) is 36.7 Å². The summed E-state index contributed by atoms with van der Waals surface area (Å²) in [6.45, 7) is 1.28. The van der Waals surface area contributed by atoms with Crippen LogP contribution >= 0.6 is 0 Å². The molecule has 0 spiro atoms. The monoisotopic (exact) mass is 443 g/mol. The molecule has 0 saturated carbocycles. The quantitative estimate of drug-likeness (QED) is 0.568. The molecule has 0 aromatic heterocycles. The molecule has 2 aromatic carbocycles. The third-order valence-electron chi connectivity index (χ3n) is 4.68. The summed E-state index contributed by atoms with van der Waals surface area (Å²) in [5, 5.41) is 11.6. The van der Waals surface area contributed by atoms with E-state index in [1.807, 2.05) is 0 Å². The van der Waals surface area contributed by atoms with Gasteiger partial charge in [-0.3, -0.25) is 9.59 Å². The predicted octanol–water partition coefficient (Wildman–Crippen LogP) is 2.20. The number of Topliss-reactive ketones (excluding diaryl/α,β-unsaturated/α-hetero) is 1. The maximum Gasteiger partial charge on any atom is 0.258 e. The molecule has 0 radical (unpaired) electrons. The number of rotatable bonds is 9. The molecule has 0 fully saturated rings. The van der Waals surface area contributed by atoms with Gasteiger partial charge in [-0.1, -0.05) is 0 Å². The number of carbonyl (C=O) groups is 2. The number of carbonyl (C=O) groups excluding carboxylic acids is 2. The van der Waals surface area contributed by atoms with Crippen LogP contribution in [0.15, 0.2) is 36.1 Å². The van der Waals surface area contributed by atoms with Crippen molar-refractivity contribution in [2.75, 3.05) is 34.5 Å². The zero-order chi connectivity index (χ0) is 23.3. The fourth-order valence-electron chi connectivity index (χ4n) is 3.10. The highest BCUT2D eigenvalue weighted by molar-refractivity contribution is 6.14. The van der Waals surface area contributed by atoms with Crippen LogP contribution in [0.1, 0.15) is 22.8 Å². The lowest BCUT2D eigenvalue weighted by atomic mass is 10.1. The highest BCUT2D eigenvalue weighted by atomic mass is 16.5. The number of ether oxygens (including phenoxy) is 5. The van der Waals surface area contributed by atoms with E-state index in [1.165, 1.54) is 21.3 Å².